The van der Waals surface area contributed by atoms with Gasteiger partial charge >= 0.3 is 0 Å². The molecule has 0 saturated heterocycles. The number of rotatable bonds is 1. The van der Waals surface area contributed by atoms with E-state index in [-0.39, 0.29) is 5.75 Å². The molecule has 1 aromatic carbocycles. The van der Waals surface area contributed by atoms with E-state index in [1.54, 1.807) is 22.9 Å². The molecule has 0 spiro atoms. The summed E-state index contributed by atoms with van der Waals surface area (Å²) in [6, 6.07) is 6.84. The summed E-state index contributed by atoms with van der Waals surface area (Å²) in [7, 11) is 0. The fourth-order valence-electron chi connectivity index (χ4n) is 1.54. The van der Waals surface area contributed by atoms with Gasteiger partial charge in [0.25, 0.3) is 0 Å². The van der Waals surface area contributed by atoms with Crippen LogP contribution >= 0.6 is 11.6 Å². The second-order valence-corrected chi connectivity index (χ2v) is 3.91. The Balaban J connectivity index is 2.62. The predicted molar refractivity (Wildman–Crippen MR) is 59.7 cm³/mol. The zero-order valence-corrected chi connectivity index (χ0v) is 9.28. The molecule has 0 unspecified atom stereocenters. The van der Waals surface area contributed by atoms with Gasteiger partial charge < -0.3 is 5.11 Å². The molecule has 0 aliphatic carbocycles. The number of phenols is 1. The Morgan fingerprint density at radius 1 is 1.27 bits per heavy atom. The van der Waals surface area contributed by atoms with Crippen molar-refractivity contribution in [3.63, 3.8) is 0 Å². The number of benzene rings is 1. The number of hydrogen-bond acceptors (Lipinski definition) is 2. The number of aryl methyl sites for hydroxylation is 2. The second-order valence-electron chi connectivity index (χ2n) is 3.47. The van der Waals surface area contributed by atoms with Gasteiger partial charge in [0.2, 0.25) is 0 Å². The quantitative estimate of drug-likeness (QED) is 0.806. The van der Waals surface area contributed by atoms with Crippen LogP contribution in [-0.2, 0) is 0 Å². The lowest BCUT2D eigenvalue weighted by atomic mass is 10.3. The van der Waals surface area contributed by atoms with Gasteiger partial charge in [-0.1, -0.05) is 11.6 Å². The molecule has 3 nitrogen and oxygen atoms in total. The topological polar surface area (TPSA) is 38.0 Å². The van der Waals surface area contributed by atoms with Crippen LogP contribution in [0.25, 0.3) is 5.69 Å². The van der Waals surface area contributed by atoms with Crippen LogP contribution < -0.4 is 0 Å². The minimum atomic E-state index is 0.172. The Morgan fingerprint density at radius 3 is 2.60 bits per heavy atom. The van der Waals surface area contributed by atoms with E-state index < -0.39 is 0 Å². The molecule has 0 aliphatic rings. The maximum absolute atomic E-state index is 9.70. The number of halogens is 1. The number of hydrogen-bond donors (Lipinski definition) is 1. The monoisotopic (exact) mass is 222 g/mol. The molecule has 0 bridgehead atoms. The third-order valence-electron chi connectivity index (χ3n) is 2.18. The van der Waals surface area contributed by atoms with E-state index >= 15 is 0 Å². The maximum Gasteiger partial charge on any atom is 0.141 e. The van der Waals surface area contributed by atoms with E-state index in [1.165, 1.54) is 0 Å². The number of aromatic nitrogens is 2. The Kier molecular flexibility index (Phi) is 2.40. The highest BCUT2D eigenvalue weighted by molar-refractivity contribution is 6.30. The first-order valence-electron chi connectivity index (χ1n) is 4.60. The average Bonchev–Trinajstić information content (AvgIpc) is 2.50. The lowest BCUT2D eigenvalue weighted by Gasteiger charge is -2.06. The van der Waals surface area contributed by atoms with Crippen LogP contribution in [0, 0.1) is 13.8 Å². The summed E-state index contributed by atoms with van der Waals surface area (Å²) in [5.41, 5.74) is 2.48. The van der Waals surface area contributed by atoms with Crippen LogP contribution in [0.1, 0.15) is 11.4 Å². The van der Waals surface area contributed by atoms with Crippen molar-refractivity contribution >= 4 is 11.6 Å². The number of aromatic hydroxyl groups is 1. The van der Waals surface area contributed by atoms with E-state index in [0.29, 0.717) is 10.7 Å². The van der Waals surface area contributed by atoms with E-state index in [9.17, 15) is 5.11 Å². The Labute approximate surface area is 92.9 Å². The summed E-state index contributed by atoms with van der Waals surface area (Å²) in [6.45, 7) is 3.84. The molecule has 2 rings (SSSR count). The maximum atomic E-state index is 9.70. The summed E-state index contributed by atoms with van der Waals surface area (Å²) in [5.74, 6) is 0.172. The molecule has 1 N–H and O–H groups in total. The molecule has 0 fully saturated rings. The van der Waals surface area contributed by atoms with Crippen molar-refractivity contribution in [2.75, 3.05) is 0 Å². The van der Waals surface area contributed by atoms with Gasteiger partial charge in [-0.25, -0.2) is 4.68 Å². The summed E-state index contributed by atoms with van der Waals surface area (Å²) in [5, 5.41) is 14.6. The fraction of sp³-hybridized carbons (Fsp3) is 0.182. The van der Waals surface area contributed by atoms with Gasteiger partial charge in [0.05, 0.1) is 5.69 Å². The van der Waals surface area contributed by atoms with Gasteiger partial charge in [0.1, 0.15) is 11.4 Å². The van der Waals surface area contributed by atoms with Crippen LogP contribution in [0.5, 0.6) is 5.75 Å². The molecular weight excluding hydrogens is 212 g/mol. The number of nitrogens with zero attached hydrogens (tertiary/aromatic N) is 2. The van der Waals surface area contributed by atoms with Crippen molar-refractivity contribution < 1.29 is 5.11 Å². The van der Waals surface area contributed by atoms with Gasteiger partial charge in [0, 0.05) is 10.7 Å². The highest BCUT2D eigenvalue weighted by Crippen LogP contribution is 2.25. The zero-order valence-electron chi connectivity index (χ0n) is 8.53. The average molecular weight is 223 g/mol. The SMILES string of the molecule is Cc1cc(C)n(-c2cc(Cl)ccc2O)n1. The highest BCUT2D eigenvalue weighted by atomic mass is 35.5. The molecule has 1 aromatic heterocycles. The van der Waals surface area contributed by atoms with Crippen molar-refractivity contribution in [1.82, 2.24) is 9.78 Å². The lowest BCUT2D eigenvalue weighted by molar-refractivity contribution is 0.470. The second kappa shape index (κ2) is 3.59. The fourth-order valence-corrected chi connectivity index (χ4v) is 1.71. The predicted octanol–water partition coefficient (Wildman–Crippen LogP) is 2.85. The standard InChI is InChI=1S/C11H11ClN2O/c1-7-5-8(2)14(13-7)10-6-9(12)3-4-11(10)15/h3-6,15H,1-2H3. The smallest absolute Gasteiger partial charge is 0.141 e. The van der Waals surface area contributed by atoms with Crippen molar-refractivity contribution in [3.8, 4) is 11.4 Å². The van der Waals surface area contributed by atoms with Gasteiger partial charge in [0.15, 0.2) is 0 Å². The van der Waals surface area contributed by atoms with Crippen LogP contribution in [-0.4, -0.2) is 14.9 Å². The molecular formula is C11H11ClN2O. The number of phenolic OH excluding ortho intramolecular Hbond substituents is 1. The molecule has 0 radical (unpaired) electrons. The molecule has 0 saturated carbocycles. The largest absolute Gasteiger partial charge is 0.506 e. The summed E-state index contributed by atoms with van der Waals surface area (Å²) < 4.78 is 1.68. The minimum Gasteiger partial charge on any atom is -0.506 e. The van der Waals surface area contributed by atoms with Crippen molar-refractivity contribution in [1.29, 1.82) is 0 Å². The Hall–Kier alpha value is -1.48. The molecule has 0 aliphatic heterocycles. The van der Waals surface area contributed by atoms with E-state index in [0.717, 1.165) is 11.4 Å². The molecule has 78 valence electrons. The first-order valence-corrected chi connectivity index (χ1v) is 4.98. The van der Waals surface area contributed by atoms with Gasteiger partial charge in [-0.3, -0.25) is 0 Å². The summed E-state index contributed by atoms with van der Waals surface area (Å²) >= 11 is 5.87. The first kappa shape index (κ1) is 10.1. The van der Waals surface area contributed by atoms with Crippen LogP contribution in [0.4, 0.5) is 0 Å². The molecule has 1 heterocycles. The van der Waals surface area contributed by atoms with Crippen molar-refractivity contribution in [3.05, 3.63) is 40.7 Å². The third kappa shape index (κ3) is 1.83. The lowest BCUT2D eigenvalue weighted by Crippen LogP contribution is -1.99. The van der Waals surface area contributed by atoms with E-state index in [4.69, 9.17) is 11.6 Å². The summed E-state index contributed by atoms with van der Waals surface area (Å²) in [4.78, 5) is 0. The molecule has 0 atom stereocenters. The van der Waals surface area contributed by atoms with E-state index in [1.807, 2.05) is 19.9 Å². The summed E-state index contributed by atoms with van der Waals surface area (Å²) in [6.07, 6.45) is 0. The molecule has 4 heteroatoms. The Bertz CT molecular complexity index is 505. The first-order chi connectivity index (χ1) is 7.08. The zero-order chi connectivity index (χ0) is 11.0. The molecule has 0 amide bonds. The van der Waals surface area contributed by atoms with E-state index in [2.05, 4.69) is 5.10 Å². The molecule has 15 heavy (non-hydrogen) atoms. The highest BCUT2D eigenvalue weighted by Gasteiger charge is 2.08. The van der Waals surface area contributed by atoms with Crippen molar-refractivity contribution in [2.45, 2.75) is 13.8 Å². The third-order valence-corrected chi connectivity index (χ3v) is 2.41. The van der Waals surface area contributed by atoms with Crippen LogP contribution in [0.3, 0.4) is 0 Å². The van der Waals surface area contributed by atoms with Gasteiger partial charge in [-0.2, -0.15) is 5.10 Å². The van der Waals surface area contributed by atoms with Crippen molar-refractivity contribution in [2.24, 2.45) is 0 Å². The van der Waals surface area contributed by atoms with Crippen LogP contribution in [0.2, 0.25) is 5.02 Å². The minimum absolute atomic E-state index is 0.172. The normalized spacial score (nSPS) is 10.6. The van der Waals surface area contributed by atoms with Crippen LogP contribution in [0.15, 0.2) is 24.3 Å². The molecule has 2 aromatic rings. The van der Waals surface area contributed by atoms with Gasteiger partial charge in [-0.05, 0) is 38.1 Å². The van der Waals surface area contributed by atoms with Gasteiger partial charge in [-0.15, -0.1) is 0 Å². The Morgan fingerprint density at radius 2 is 2.00 bits per heavy atom.